The molecule has 0 aromatic carbocycles. The number of allylic oxidation sites excluding steroid dienone is 2. The summed E-state index contributed by atoms with van der Waals surface area (Å²) in [4.78, 5) is 0. The monoisotopic (exact) mass is 212 g/mol. The SMILES string of the molecule is C/C(Br)=C(/C)Br. The van der Waals surface area contributed by atoms with Crippen molar-refractivity contribution in [1.29, 1.82) is 0 Å². The predicted octanol–water partition coefficient (Wildman–Crippen LogP) is 3.03. The lowest BCUT2D eigenvalue weighted by Crippen LogP contribution is -1.56. The molecule has 0 nitrogen and oxygen atoms in total. The largest absolute Gasteiger partial charge is 0.0551 e. The average Bonchev–Trinajstić information content (AvgIpc) is 1.36. The lowest BCUT2D eigenvalue weighted by Gasteiger charge is -1.83. The smallest absolute Gasteiger partial charge is 0.00179 e. The molecule has 0 heterocycles. The topological polar surface area (TPSA) is 0 Å². The van der Waals surface area contributed by atoms with Crippen molar-refractivity contribution in [3.63, 3.8) is 0 Å². The molecule has 0 bridgehead atoms. The first-order valence-corrected chi connectivity index (χ1v) is 3.21. The molecule has 0 aliphatic heterocycles. The molecule has 0 rings (SSSR count). The van der Waals surface area contributed by atoms with Crippen molar-refractivity contribution in [2.45, 2.75) is 13.8 Å². The highest BCUT2D eigenvalue weighted by atomic mass is 79.9. The van der Waals surface area contributed by atoms with Gasteiger partial charge in [0.05, 0.1) is 0 Å². The summed E-state index contributed by atoms with van der Waals surface area (Å²) in [6.07, 6.45) is 0. The maximum Gasteiger partial charge on any atom is 0.00179 e. The molecule has 36 valence electrons. The van der Waals surface area contributed by atoms with Crippen molar-refractivity contribution in [3.05, 3.63) is 8.96 Å². The zero-order valence-corrected chi connectivity index (χ0v) is 6.93. The molecule has 2 heteroatoms. The molecule has 0 aromatic rings. The highest BCUT2D eigenvalue weighted by molar-refractivity contribution is 9.14. The maximum atomic E-state index is 3.27. The maximum absolute atomic E-state index is 3.27. The van der Waals surface area contributed by atoms with Crippen molar-refractivity contribution in [1.82, 2.24) is 0 Å². The molecule has 0 aliphatic rings. The van der Waals surface area contributed by atoms with Crippen LogP contribution in [0.2, 0.25) is 0 Å². The zero-order valence-electron chi connectivity index (χ0n) is 3.76. The van der Waals surface area contributed by atoms with Gasteiger partial charge in [0.2, 0.25) is 0 Å². The van der Waals surface area contributed by atoms with Gasteiger partial charge in [-0.25, -0.2) is 0 Å². The molecule has 0 unspecified atom stereocenters. The van der Waals surface area contributed by atoms with Crippen LogP contribution in [0.5, 0.6) is 0 Å². The van der Waals surface area contributed by atoms with Crippen LogP contribution >= 0.6 is 31.9 Å². The van der Waals surface area contributed by atoms with Gasteiger partial charge in [-0.05, 0) is 13.8 Å². The minimum Gasteiger partial charge on any atom is -0.0551 e. The lowest BCUT2D eigenvalue weighted by molar-refractivity contribution is 1.58. The summed E-state index contributed by atoms with van der Waals surface area (Å²) < 4.78 is 2.31. The number of hydrogen-bond donors (Lipinski definition) is 0. The van der Waals surface area contributed by atoms with Crippen molar-refractivity contribution >= 4 is 31.9 Å². The summed E-state index contributed by atoms with van der Waals surface area (Å²) >= 11 is 6.54. The van der Waals surface area contributed by atoms with Crippen LogP contribution in [-0.2, 0) is 0 Å². The first-order chi connectivity index (χ1) is 2.64. The number of halogens is 2. The molecule has 0 fully saturated rings. The molecule has 0 spiro atoms. The van der Waals surface area contributed by atoms with E-state index in [1.54, 1.807) is 0 Å². The Kier molecular flexibility index (Phi) is 3.13. The van der Waals surface area contributed by atoms with E-state index in [0.717, 1.165) is 8.96 Å². The summed E-state index contributed by atoms with van der Waals surface area (Å²) in [6, 6.07) is 0. The Hall–Kier alpha value is 0.700. The normalized spacial score (nSPS) is 14.0. The minimum absolute atomic E-state index is 1.16. The van der Waals surface area contributed by atoms with Gasteiger partial charge in [-0.3, -0.25) is 0 Å². The third-order valence-electron chi connectivity index (χ3n) is 0.475. The Morgan fingerprint density at radius 2 is 1.17 bits per heavy atom. The first kappa shape index (κ1) is 6.70. The summed E-state index contributed by atoms with van der Waals surface area (Å²) in [5, 5.41) is 0. The van der Waals surface area contributed by atoms with Gasteiger partial charge in [-0.2, -0.15) is 0 Å². The third kappa shape index (κ3) is 2.91. The second-order valence-corrected chi connectivity index (χ2v) is 3.45. The van der Waals surface area contributed by atoms with Crippen LogP contribution in [0.25, 0.3) is 0 Å². The Bertz CT molecular complexity index is 55.6. The van der Waals surface area contributed by atoms with E-state index >= 15 is 0 Å². The van der Waals surface area contributed by atoms with Crippen molar-refractivity contribution in [3.8, 4) is 0 Å². The van der Waals surface area contributed by atoms with E-state index in [1.165, 1.54) is 0 Å². The Balaban J connectivity index is 3.68. The van der Waals surface area contributed by atoms with Crippen molar-refractivity contribution in [2.75, 3.05) is 0 Å². The first-order valence-electron chi connectivity index (χ1n) is 1.63. The van der Waals surface area contributed by atoms with E-state index < -0.39 is 0 Å². The zero-order chi connectivity index (χ0) is 5.15. The van der Waals surface area contributed by atoms with E-state index in [1.807, 2.05) is 13.8 Å². The Morgan fingerprint density at radius 3 is 1.17 bits per heavy atom. The number of hydrogen-bond acceptors (Lipinski definition) is 0. The lowest BCUT2D eigenvalue weighted by atomic mass is 10.6. The molecular weight excluding hydrogens is 208 g/mol. The molecule has 0 N–H and O–H groups in total. The second-order valence-electron chi connectivity index (χ2n) is 1.07. The van der Waals surface area contributed by atoms with Gasteiger partial charge in [0, 0.05) is 8.96 Å². The van der Waals surface area contributed by atoms with Crippen molar-refractivity contribution < 1.29 is 0 Å². The molecule has 0 atom stereocenters. The fourth-order valence-electron chi connectivity index (χ4n) is 0. The molecular formula is C4H6Br2. The van der Waals surface area contributed by atoms with Gasteiger partial charge >= 0.3 is 0 Å². The third-order valence-corrected chi connectivity index (χ3v) is 2.20. The molecule has 0 saturated heterocycles. The van der Waals surface area contributed by atoms with E-state index in [4.69, 9.17) is 0 Å². The van der Waals surface area contributed by atoms with Gasteiger partial charge in [0.1, 0.15) is 0 Å². The fraction of sp³-hybridized carbons (Fsp3) is 0.500. The minimum atomic E-state index is 1.16. The molecule has 0 aliphatic carbocycles. The van der Waals surface area contributed by atoms with E-state index in [0.29, 0.717) is 0 Å². The van der Waals surface area contributed by atoms with Gasteiger partial charge in [0.25, 0.3) is 0 Å². The van der Waals surface area contributed by atoms with Crippen LogP contribution in [0.1, 0.15) is 13.8 Å². The van der Waals surface area contributed by atoms with Crippen LogP contribution in [0.15, 0.2) is 8.96 Å². The van der Waals surface area contributed by atoms with E-state index in [2.05, 4.69) is 31.9 Å². The number of rotatable bonds is 0. The molecule has 0 aromatic heterocycles. The summed E-state index contributed by atoms with van der Waals surface area (Å²) in [5.41, 5.74) is 0. The van der Waals surface area contributed by atoms with Crippen LogP contribution in [0.3, 0.4) is 0 Å². The predicted molar refractivity (Wildman–Crippen MR) is 36.2 cm³/mol. The highest BCUT2D eigenvalue weighted by Crippen LogP contribution is 2.14. The standard InChI is InChI=1S/C4H6Br2/c1-3(5)4(2)6/h1-2H3/b4-3+. The van der Waals surface area contributed by atoms with Crippen LogP contribution in [0.4, 0.5) is 0 Å². The molecule has 0 radical (unpaired) electrons. The van der Waals surface area contributed by atoms with Gasteiger partial charge in [-0.1, -0.05) is 31.9 Å². The summed E-state index contributed by atoms with van der Waals surface area (Å²) in [7, 11) is 0. The average molecular weight is 214 g/mol. The van der Waals surface area contributed by atoms with Gasteiger partial charge in [0.15, 0.2) is 0 Å². The molecule has 0 saturated carbocycles. The fourth-order valence-corrected chi connectivity index (χ4v) is 0. The Labute approximate surface area is 54.9 Å². The summed E-state index contributed by atoms with van der Waals surface area (Å²) in [6.45, 7) is 3.98. The van der Waals surface area contributed by atoms with E-state index in [9.17, 15) is 0 Å². The second kappa shape index (κ2) is 2.80. The Morgan fingerprint density at radius 1 is 1.00 bits per heavy atom. The summed E-state index contributed by atoms with van der Waals surface area (Å²) in [5.74, 6) is 0. The molecule has 6 heavy (non-hydrogen) atoms. The highest BCUT2D eigenvalue weighted by Gasteiger charge is 1.80. The van der Waals surface area contributed by atoms with E-state index in [-0.39, 0.29) is 0 Å². The van der Waals surface area contributed by atoms with Gasteiger partial charge < -0.3 is 0 Å². The van der Waals surface area contributed by atoms with Crippen LogP contribution in [-0.4, -0.2) is 0 Å². The van der Waals surface area contributed by atoms with Crippen LogP contribution in [0, 0.1) is 0 Å². The molecule has 0 amide bonds. The quantitative estimate of drug-likeness (QED) is 0.581. The van der Waals surface area contributed by atoms with Crippen LogP contribution < -0.4 is 0 Å². The van der Waals surface area contributed by atoms with Gasteiger partial charge in [-0.15, -0.1) is 0 Å². The van der Waals surface area contributed by atoms with Crippen molar-refractivity contribution in [2.24, 2.45) is 0 Å².